The van der Waals surface area contributed by atoms with Crippen molar-refractivity contribution in [3.8, 4) is 5.75 Å². The van der Waals surface area contributed by atoms with Gasteiger partial charge in [0.15, 0.2) is 0 Å². The molecule has 21 heavy (non-hydrogen) atoms. The summed E-state index contributed by atoms with van der Waals surface area (Å²) in [5.74, 6) is 0.696. The van der Waals surface area contributed by atoms with Crippen LogP contribution in [0.3, 0.4) is 0 Å². The summed E-state index contributed by atoms with van der Waals surface area (Å²) in [6.45, 7) is 3.86. The summed E-state index contributed by atoms with van der Waals surface area (Å²) in [5, 5.41) is 6.37. The normalized spacial score (nSPS) is 20.5. The van der Waals surface area contributed by atoms with Gasteiger partial charge in [0, 0.05) is 13.1 Å². The molecule has 1 spiro atoms. The average molecular weight is 289 g/mol. The van der Waals surface area contributed by atoms with Crippen molar-refractivity contribution in [2.24, 2.45) is 5.41 Å². The fourth-order valence-electron chi connectivity index (χ4n) is 3.42. The van der Waals surface area contributed by atoms with Crippen molar-refractivity contribution in [1.82, 2.24) is 10.2 Å². The van der Waals surface area contributed by atoms with Gasteiger partial charge in [-0.15, -0.1) is 0 Å². The van der Waals surface area contributed by atoms with E-state index in [1.54, 1.807) is 7.11 Å². The zero-order valence-corrected chi connectivity index (χ0v) is 12.5. The lowest BCUT2D eigenvalue weighted by atomic mass is 9.78. The number of carbonyl (C=O) groups is 1. The second-order valence-electron chi connectivity index (χ2n) is 6.05. The van der Waals surface area contributed by atoms with Crippen LogP contribution in [0.5, 0.6) is 5.75 Å². The van der Waals surface area contributed by atoms with E-state index in [1.807, 2.05) is 29.2 Å². The first-order chi connectivity index (χ1) is 10.2. The Balaban J connectivity index is 1.64. The highest BCUT2D eigenvalue weighted by Crippen LogP contribution is 2.38. The number of rotatable bonds is 2. The molecule has 0 radical (unpaired) electrons. The lowest BCUT2D eigenvalue weighted by Crippen LogP contribution is -2.40. The monoisotopic (exact) mass is 289 g/mol. The van der Waals surface area contributed by atoms with Crippen molar-refractivity contribution in [2.75, 3.05) is 38.6 Å². The first-order valence-electron chi connectivity index (χ1n) is 7.62. The number of piperidine rings is 1. The minimum atomic E-state index is -0.0186. The number of benzene rings is 1. The van der Waals surface area contributed by atoms with Crippen LogP contribution >= 0.6 is 0 Å². The largest absolute Gasteiger partial charge is 0.495 e. The second kappa shape index (κ2) is 5.93. The van der Waals surface area contributed by atoms with Crippen molar-refractivity contribution in [3.05, 3.63) is 24.3 Å². The summed E-state index contributed by atoms with van der Waals surface area (Å²) in [6.07, 6.45) is 3.46. The minimum Gasteiger partial charge on any atom is -0.495 e. The van der Waals surface area contributed by atoms with Gasteiger partial charge < -0.3 is 20.3 Å². The second-order valence-corrected chi connectivity index (χ2v) is 6.05. The molecule has 114 valence electrons. The number of anilines is 1. The number of methoxy groups -OCH3 is 1. The van der Waals surface area contributed by atoms with Crippen LogP contribution in [0.1, 0.15) is 19.3 Å². The zero-order chi connectivity index (χ0) is 14.7. The summed E-state index contributed by atoms with van der Waals surface area (Å²) < 4.78 is 5.28. The molecular weight excluding hydrogens is 266 g/mol. The number of carbonyl (C=O) groups excluding carboxylic acids is 1. The first kappa shape index (κ1) is 14.2. The number of likely N-dealkylation sites (tertiary alicyclic amines) is 1. The molecule has 2 saturated heterocycles. The molecule has 2 N–H and O–H groups in total. The molecule has 0 saturated carbocycles. The van der Waals surface area contributed by atoms with Crippen LogP contribution in [0.15, 0.2) is 24.3 Å². The standard InChI is InChI=1S/C16H23N3O2/c1-21-14-5-3-2-4-13(14)18-15(20)19-11-8-16(12-19)6-9-17-10-7-16/h2-5,17H,6-12H2,1H3,(H,18,20). The van der Waals surface area contributed by atoms with Crippen molar-refractivity contribution in [1.29, 1.82) is 0 Å². The van der Waals surface area contributed by atoms with Gasteiger partial charge in [0.25, 0.3) is 0 Å². The number of ether oxygens (including phenoxy) is 1. The predicted molar refractivity (Wildman–Crippen MR) is 82.7 cm³/mol. The smallest absolute Gasteiger partial charge is 0.321 e. The summed E-state index contributed by atoms with van der Waals surface area (Å²) in [5.41, 5.74) is 1.07. The van der Waals surface area contributed by atoms with E-state index in [0.29, 0.717) is 11.2 Å². The fraction of sp³-hybridized carbons (Fsp3) is 0.562. The molecule has 2 heterocycles. The topological polar surface area (TPSA) is 53.6 Å². The van der Waals surface area contributed by atoms with Crippen LogP contribution < -0.4 is 15.4 Å². The lowest BCUT2D eigenvalue weighted by molar-refractivity contribution is 0.191. The molecule has 1 aromatic rings. The Hall–Kier alpha value is -1.75. The molecule has 0 aromatic heterocycles. The molecular formula is C16H23N3O2. The highest BCUT2D eigenvalue weighted by molar-refractivity contribution is 5.91. The van der Waals surface area contributed by atoms with E-state index in [0.717, 1.165) is 38.3 Å². The van der Waals surface area contributed by atoms with Gasteiger partial charge in [0.1, 0.15) is 5.75 Å². The third-order valence-electron chi connectivity index (χ3n) is 4.74. The van der Waals surface area contributed by atoms with Crippen LogP contribution in [-0.4, -0.2) is 44.2 Å². The summed E-state index contributed by atoms with van der Waals surface area (Å²) in [7, 11) is 1.62. The van der Waals surface area contributed by atoms with Gasteiger partial charge in [-0.2, -0.15) is 0 Å². The Morgan fingerprint density at radius 3 is 2.81 bits per heavy atom. The fourth-order valence-corrected chi connectivity index (χ4v) is 3.42. The first-order valence-corrected chi connectivity index (χ1v) is 7.62. The van der Waals surface area contributed by atoms with Crippen molar-refractivity contribution >= 4 is 11.7 Å². The van der Waals surface area contributed by atoms with Gasteiger partial charge >= 0.3 is 6.03 Å². The van der Waals surface area contributed by atoms with E-state index in [2.05, 4.69) is 10.6 Å². The minimum absolute atomic E-state index is 0.0186. The number of para-hydroxylation sites is 2. The Kier molecular flexibility index (Phi) is 4.01. The van der Waals surface area contributed by atoms with Gasteiger partial charge in [0.05, 0.1) is 12.8 Å². The van der Waals surface area contributed by atoms with Crippen molar-refractivity contribution in [3.63, 3.8) is 0 Å². The molecule has 0 bridgehead atoms. The van der Waals surface area contributed by atoms with Crippen molar-refractivity contribution in [2.45, 2.75) is 19.3 Å². The van der Waals surface area contributed by atoms with Crippen LogP contribution in [0.25, 0.3) is 0 Å². The van der Waals surface area contributed by atoms with Crippen LogP contribution in [0.2, 0.25) is 0 Å². The number of hydrogen-bond acceptors (Lipinski definition) is 3. The average Bonchev–Trinajstić information content (AvgIpc) is 2.92. The van der Waals surface area contributed by atoms with Crippen molar-refractivity contribution < 1.29 is 9.53 Å². The van der Waals surface area contributed by atoms with Gasteiger partial charge in [-0.1, -0.05) is 12.1 Å². The Bertz CT molecular complexity index is 512. The Morgan fingerprint density at radius 1 is 1.29 bits per heavy atom. The highest BCUT2D eigenvalue weighted by atomic mass is 16.5. The highest BCUT2D eigenvalue weighted by Gasteiger charge is 2.40. The molecule has 1 aromatic carbocycles. The quantitative estimate of drug-likeness (QED) is 0.878. The number of nitrogens with one attached hydrogen (secondary N) is 2. The summed E-state index contributed by atoms with van der Waals surface area (Å²) >= 11 is 0. The maximum atomic E-state index is 12.5. The zero-order valence-electron chi connectivity index (χ0n) is 12.5. The van der Waals surface area contributed by atoms with E-state index in [4.69, 9.17) is 4.74 Å². The van der Waals surface area contributed by atoms with Gasteiger partial charge in [0.2, 0.25) is 0 Å². The third-order valence-corrected chi connectivity index (χ3v) is 4.74. The molecule has 0 aliphatic carbocycles. The van der Waals surface area contributed by atoms with Crippen LogP contribution in [0, 0.1) is 5.41 Å². The molecule has 0 unspecified atom stereocenters. The van der Waals surface area contributed by atoms with Gasteiger partial charge in [-0.3, -0.25) is 0 Å². The van der Waals surface area contributed by atoms with E-state index in [-0.39, 0.29) is 6.03 Å². The summed E-state index contributed by atoms with van der Waals surface area (Å²) in [6, 6.07) is 7.50. The molecule has 2 aliphatic rings. The molecule has 0 atom stereocenters. The molecule has 2 fully saturated rings. The molecule has 3 rings (SSSR count). The maximum absolute atomic E-state index is 12.5. The van der Waals surface area contributed by atoms with E-state index < -0.39 is 0 Å². The molecule has 5 heteroatoms. The summed E-state index contributed by atoms with van der Waals surface area (Å²) in [4.78, 5) is 14.4. The number of amides is 2. The molecule has 2 aliphatic heterocycles. The number of nitrogens with zero attached hydrogens (tertiary/aromatic N) is 1. The number of hydrogen-bond donors (Lipinski definition) is 2. The van der Waals surface area contributed by atoms with Crippen LogP contribution in [-0.2, 0) is 0 Å². The lowest BCUT2D eigenvalue weighted by Gasteiger charge is -2.33. The van der Waals surface area contributed by atoms with Crippen LogP contribution in [0.4, 0.5) is 10.5 Å². The Morgan fingerprint density at radius 2 is 2.05 bits per heavy atom. The van der Waals surface area contributed by atoms with Gasteiger partial charge in [-0.05, 0) is 49.9 Å². The molecule has 2 amide bonds. The third kappa shape index (κ3) is 2.97. The van der Waals surface area contributed by atoms with E-state index >= 15 is 0 Å². The molecule has 5 nitrogen and oxygen atoms in total. The van der Waals surface area contributed by atoms with E-state index in [1.165, 1.54) is 12.8 Å². The predicted octanol–water partition coefficient (Wildman–Crippen LogP) is 2.30. The SMILES string of the molecule is COc1ccccc1NC(=O)N1CCC2(CCNCC2)C1. The maximum Gasteiger partial charge on any atom is 0.321 e. The Labute approximate surface area is 125 Å². The van der Waals surface area contributed by atoms with Gasteiger partial charge in [-0.25, -0.2) is 4.79 Å². The van der Waals surface area contributed by atoms with E-state index in [9.17, 15) is 4.79 Å². The number of urea groups is 1.